The van der Waals surface area contributed by atoms with E-state index in [2.05, 4.69) is 21.2 Å². The average Bonchev–Trinajstić information content (AvgIpc) is 2.25. The number of hydrogen-bond acceptors (Lipinski definition) is 3. The van der Waals surface area contributed by atoms with Gasteiger partial charge in [-0.05, 0) is 24.3 Å². The van der Waals surface area contributed by atoms with Crippen molar-refractivity contribution in [1.82, 2.24) is 5.32 Å². The molecule has 0 atom stereocenters. The minimum atomic E-state index is -5.08. The maximum Gasteiger partial charge on any atom is 0.490 e. The first-order valence-corrected chi connectivity index (χ1v) is 6.01. The van der Waals surface area contributed by atoms with Gasteiger partial charge < -0.3 is 15.2 Å². The third-order valence-corrected chi connectivity index (χ3v) is 2.63. The number of halogens is 4. The number of carboxylic acids is 1. The Morgan fingerprint density at radius 3 is 2.11 bits per heavy atom. The zero-order valence-corrected chi connectivity index (χ0v) is 11.2. The van der Waals surface area contributed by atoms with E-state index in [0.717, 1.165) is 23.3 Å². The van der Waals surface area contributed by atoms with E-state index in [1.54, 1.807) is 0 Å². The number of nitrogens with one attached hydrogen (secondary N) is 1. The Bertz CT molecular complexity index is 418. The monoisotopic (exact) mass is 341 g/mol. The van der Waals surface area contributed by atoms with Crippen molar-refractivity contribution in [3.63, 3.8) is 0 Å². The van der Waals surface area contributed by atoms with Gasteiger partial charge in [-0.15, -0.1) is 0 Å². The second-order valence-electron chi connectivity index (χ2n) is 3.65. The van der Waals surface area contributed by atoms with Crippen LogP contribution in [0.25, 0.3) is 0 Å². The van der Waals surface area contributed by atoms with Crippen LogP contribution in [0.4, 0.5) is 13.2 Å². The van der Waals surface area contributed by atoms with Gasteiger partial charge in [-0.25, -0.2) is 4.79 Å². The second kappa shape index (κ2) is 6.76. The largest absolute Gasteiger partial charge is 0.490 e. The highest BCUT2D eigenvalue weighted by Crippen LogP contribution is 2.17. The van der Waals surface area contributed by atoms with Crippen LogP contribution in [0, 0.1) is 0 Å². The molecule has 1 aliphatic heterocycles. The number of alkyl halides is 3. The van der Waals surface area contributed by atoms with Crippen LogP contribution < -0.4 is 10.1 Å². The van der Waals surface area contributed by atoms with E-state index in [9.17, 15) is 13.2 Å². The van der Waals surface area contributed by atoms with Crippen LogP contribution in [0.5, 0.6) is 5.75 Å². The molecule has 0 amide bonds. The Labute approximate surface area is 115 Å². The van der Waals surface area contributed by atoms with Gasteiger partial charge in [0.05, 0.1) is 0 Å². The normalized spacial score (nSPS) is 14.9. The zero-order chi connectivity index (χ0) is 14.5. The molecule has 0 aromatic heterocycles. The summed E-state index contributed by atoms with van der Waals surface area (Å²) < 4.78 is 38.4. The molecule has 0 spiro atoms. The highest BCUT2D eigenvalue weighted by Gasteiger charge is 2.38. The van der Waals surface area contributed by atoms with E-state index < -0.39 is 12.1 Å². The maximum atomic E-state index is 10.6. The van der Waals surface area contributed by atoms with Crippen LogP contribution >= 0.6 is 15.9 Å². The molecule has 4 nitrogen and oxygen atoms in total. The summed E-state index contributed by atoms with van der Waals surface area (Å²) in [7, 11) is 0. The van der Waals surface area contributed by atoms with E-state index in [1.807, 2.05) is 24.3 Å². The quantitative estimate of drug-likeness (QED) is 0.867. The van der Waals surface area contributed by atoms with Gasteiger partial charge in [0.15, 0.2) is 0 Å². The highest BCUT2D eigenvalue weighted by atomic mass is 79.9. The minimum absolute atomic E-state index is 0.367. The first-order valence-electron chi connectivity index (χ1n) is 5.22. The summed E-state index contributed by atoms with van der Waals surface area (Å²) >= 11 is 3.37. The molecule has 1 saturated heterocycles. The summed E-state index contributed by atoms with van der Waals surface area (Å²) in [6.45, 7) is 1.94. The van der Waals surface area contributed by atoms with Crippen molar-refractivity contribution in [2.75, 3.05) is 13.1 Å². The minimum Gasteiger partial charge on any atom is -0.488 e. The number of carbonyl (C=O) groups is 1. The molecule has 8 heteroatoms. The first-order chi connectivity index (χ1) is 8.79. The van der Waals surface area contributed by atoms with Crippen LogP contribution in [-0.4, -0.2) is 36.4 Å². The van der Waals surface area contributed by atoms with Crippen molar-refractivity contribution >= 4 is 21.9 Å². The smallest absolute Gasteiger partial charge is 0.488 e. The Balaban J connectivity index is 0.000000224. The Morgan fingerprint density at radius 2 is 1.79 bits per heavy atom. The topological polar surface area (TPSA) is 58.6 Å². The lowest BCUT2D eigenvalue weighted by Gasteiger charge is -2.27. The van der Waals surface area contributed by atoms with Gasteiger partial charge in [-0.1, -0.05) is 15.9 Å². The van der Waals surface area contributed by atoms with Crippen molar-refractivity contribution in [2.24, 2.45) is 0 Å². The van der Waals surface area contributed by atoms with Crippen molar-refractivity contribution in [3.8, 4) is 5.75 Å². The summed E-state index contributed by atoms with van der Waals surface area (Å²) in [5.74, 6) is -1.81. The lowest BCUT2D eigenvalue weighted by molar-refractivity contribution is -0.192. The second-order valence-corrected chi connectivity index (χ2v) is 4.57. The van der Waals surface area contributed by atoms with Gasteiger partial charge in [0.1, 0.15) is 11.9 Å². The van der Waals surface area contributed by atoms with E-state index >= 15 is 0 Å². The van der Waals surface area contributed by atoms with Gasteiger partial charge in [0.2, 0.25) is 0 Å². The summed E-state index contributed by atoms with van der Waals surface area (Å²) in [6, 6.07) is 7.92. The van der Waals surface area contributed by atoms with Gasteiger partial charge in [-0.3, -0.25) is 0 Å². The van der Waals surface area contributed by atoms with Crippen LogP contribution in [0.3, 0.4) is 0 Å². The summed E-state index contributed by atoms with van der Waals surface area (Å²) in [6.07, 6.45) is -4.72. The van der Waals surface area contributed by atoms with Crippen LogP contribution in [-0.2, 0) is 4.79 Å². The molecular formula is C11H11BrF3NO3. The van der Waals surface area contributed by atoms with E-state index in [0.29, 0.717) is 6.10 Å². The van der Waals surface area contributed by atoms with E-state index in [1.165, 1.54) is 0 Å². The average molecular weight is 342 g/mol. The number of benzene rings is 1. The lowest BCUT2D eigenvalue weighted by atomic mass is 10.2. The summed E-state index contributed by atoms with van der Waals surface area (Å²) in [5.41, 5.74) is 0. The van der Waals surface area contributed by atoms with Crippen LogP contribution in [0.15, 0.2) is 28.7 Å². The zero-order valence-electron chi connectivity index (χ0n) is 9.58. The lowest BCUT2D eigenvalue weighted by Crippen LogP contribution is -2.50. The first kappa shape index (κ1) is 15.8. The van der Waals surface area contributed by atoms with E-state index in [4.69, 9.17) is 14.6 Å². The fourth-order valence-electron chi connectivity index (χ4n) is 1.05. The Kier molecular flexibility index (Phi) is 5.61. The molecule has 2 N–H and O–H groups in total. The molecule has 0 aliphatic carbocycles. The molecule has 2 rings (SSSR count). The molecule has 0 bridgehead atoms. The van der Waals surface area contributed by atoms with Gasteiger partial charge in [0.25, 0.3) is 0 Å². The summed E-state index contributed by atoms with van der Waals surface area (Å²) in [5, 5.41) is 10.3. The molecule has 1 heterocycles. The SMILES string of the molecule is Brc1ccc(OC2CNC2)cc1.O=C(O)C(F)(F)F. The van der Waals surface area contributed by atoms with Crippen molar-refractivity contribution in [1.29, 1.82) is 0 Å². The number of rotatable bonds is 2. The Morgan fingerprint density at radius 1 is 1.32 bits per heavy atom. The predicted molar refractivity (Wildman–Crippen MR) is 65.1 cm³/mol. The molecule has 1 aromatic carbocycles. The van der Waals surface area contributed by atoms with Gasteiger partial charge >= 0.3 is 12.1 Å². The number of ether oxygens (including phenoxy) is 1. The fraction of sp³-hybridized carbons (Fsp3) is 0.364. The fourth-order valence-corrected chi connectivity index (χ4v) is 1.32. The summed E-state index contributed by atoms with van der Waals surface area (Å²) in [4.78, 5) is 8.90. The van der Waals surface area contributed by atoms with Gasteiger partial charge in [-0.2, -0.15) is 13.2 Å². The highest BCUT2D eigenvalue weighted by molar-refractivity contribution is 9.10. The third-order valence-electron chi connectivity index (χ3n) is 2.10. The van der Waals surface area contributed by atoms with Crippen LogP contribution in [0.1, 0.15) is 0 Å². The number of carboxylic acid groups (broad SMARTS) is 1. The standard InChI is InChI=1S/C9H10BrNO.C2HF3O2/c10-7-1-3-8(4-2-7)12-9-5-11-6-9;3-2(4,5)1(6)7/h1-4,9,11H,5-6H2;(H,6,7). The van der Waals surface area contributed by atoms with Crippen molar-refractivity contribution < 1.29 is 27.8 Å². The van der Waals surface area contributed by atoms with Crippen molar-refractivity contribution in [2.45, 2.75) is 12.3 Å². The predicted octanol–water partition coefficient (Wildman–Crippen LogP) is 2.43. The number of hydrogen-bond donors (Lipinski definition) is 2. The van der Waals surface area contributed by atoms with Crippen molar-refractivity contribution in [3.05, 3.63) is 28.7 Å². The molecule has 1 fully saturated rings. The molecule has 1 aliphatic rings. The maximum absolute atomic E-state index is 10.6. The van der Waals surface area contributed by atoms with E-state index in [-0.39, 0.29) is 0 Å². The van der Waals surface area contributed by atoms with Crippen LogP contribution in [0.2, 0.25) is 0 Å². The molecule has 0 unspecified atom stereocenters. The van der Waals surface area contributed by atoms with Gasteiger partial charge in [0, 0.05) is 17.6 Å². The molecule has 0 saturated carbocycles. The molecule has 19 heavy (non-hydrogen) atoms. The molecule has 0 radical (unpaired) electrons. The molecular weight excluding hydrogens is 331 g/mol. The molecule has 106 valence electrons. The third kappa shape index (κ3) is 5.93. The molecule has 1 aromatic rings. The number of aliphatic carboxylic acids is 1. The Hall–Kier alpha value is -1.28.